The van der Waals surface area contributed by atoms with Crippen molar-refractivity contribution in [3.8, 4) is 0 Å². The summed E-state index contributed by atoms with van der Waals surface area (Å²) in [5.41, 5.74) is 1.82. The van der Waals surface area contributed by atoms with Crippen molar-refractivity contribution in [2.24, 2.45) is 0 Å². The first-order valence-corrected chi connectivity index (χ1v) is 5.67. The maximum absolute atomic E-state index is 4.26. The van der Waals surface area contributed by atoms with Crippen LogP contribution in [0, 0.1) is 6.92 Å². The molecule has 2 aromatic rings. The van der Waals surface area contributed by atoms with Crippen molar-refractivity contribution in [3.63, 3.8) is 0 Å². The summed E-state index contributed by atoms with van der Waals surface area (Å²) in [5.74, 6) is 0.816. The van der Waals surface area contributed by atoms with Gasteiger partial charge in [-0.25, -0.2) is 4.98 Å². The van der Waals surface area contributed by atoms with Gasteiger partial charge < -0.3 is 5.32 Å². The molecule has 16 heavy (non-hydrogen) atoms. The average Bonchev–Trinajstić information content (AvgIpc) is 2.28. The number of aromatic nitrogens is 3. The molecule has 0 aliphatic heterocycles. The van der Waals surface area contributed by atoms with Crippen LogP contribution < -0.4 is 5.32 Å². The first-order chi connectivity index (χ1) is 7.74. The standard InChI is InChI=1S/C11H11BrN4/c1-8-5-14-9(6-13-8)7-15-11-4-2-3-10(12)16-11/h2-6H,7H2,1H3,(H,15,16). The van der Waals surface area contributed by atoms with Gasteiger partial charge in [-0.3, -0.25) is 9.97 Å². The Morgan fingerprint density at radius 3 is 2.81 bits per heavy atom. The summed E-state index contributed by atoms with van der Waals surface area (Å²) in [7, 11) is 0. The molecule has 1 N–H and O–H groups in total. The highest BCUT2D eigenvalue weighted by Crippen LogP contribution is 2.10. The van der Waals surface area contributed by atoms with Crippen molar-refractivity contribution < 1.29 is 0 Å². The second-order valence-electron chi connectivity index (χ2n) is 3.35. The van der Waals surface area contributed by atoms with Crippen molar-refractivity contribution in [1.29, 1.82) is 0 Å². The summed E-state index contributed by atoms with van der Waals surface area (Å²) in [6, 6.07) is 5.73. The van der Waals surface area contributed by atoms with Gasteiger partial charge in [0.1, 0.15) is 10.4 Å². The van der Waals surface area contributed by atoms with E-state index in [1.54, 1.807) is 12.4 Å². The maximum Gasteiger partial charge on any atom is 0.127 e. The first-order valence-electron chi connectivity index (χ1n) is 4.88. The number of hydrogen-bond acceptors (Lipinski definition) is 4. The van der Waals surface area contributed by atoms with E-state index in [-0.39, 0.29) is 0 Å². The second kappa shape index (κ2) is 5.03. The van der Waals surface area contributed by atoms with Crippen molar-refractivity contribution in [1.82, 2.24) is 15.0 Å². The molecule has 0 atom stereocenters. The Morgan fingerprint density at radius 1 is 1.25 bits per heavy atom. The van der Waals surface area contributed by atoms with Gasteiger partial charge in [-0.2, -0.15) is 0 Å². The molecule has 0 amide bonds. The number of nitrogens with zero attached hydrogens (tertiary/aromatic N) is 3. The zero-order chi connectivity index (χ0) is 11.4. The molecule has 0 spiro atoms. The van der Waals surface area contributed by atoms with E-state index in [2.05, 4.69) is 36.2 Å². The number of nitrogens with one attached hydrogen (secondary N) is 1. The van der Waals surface area contributed by atoms with Gasteiger partial charge in [0.25, 0.3) is 0 Å². The largest absolute Gasteiger partial charge is 0.364 e. The van der Waals surface area contributed by atoms with Gasteiger partial charge in [0.15, 0.2) is 0 Å². The SMILES string of the molecule is Cc1cnc(CNc2cccc(Br)n2)cn1. The summed E-state index contributed by atoms with van der Waals surface area (Å²) >= 11 is 3.32. The summed E-state index contributed by atoms with van der Waals surface area (Å²) in [6.45, 7) is 2.54. The van der Waals surface area contributed by atoms with Gasteiger partial charge >= 0.3 is 0 Å². The lowest BCUT2D eigenvalue weighted by atomic mass is 10.4. The highest BCUT2D eigenvalue weighted by molar-refractivity contribution is 9.10. The highest BCUT2D eigenvalue weighted by Gasteiger charge is 1.97. The molecule has 0 fully saturated rings. The van der Waals surface area contributed by atoms with E-state index in [4.69, 9.17) is 0 Å². The Kier molecular flexibility index (Phi) is 3.46. The van der Waals surface area contributed by atoms with Crippen LogP contribution in [0.4, 0.5) is 5.82 Å². The Labute approximate surface area is 102 Å². The Bertz CT molecular complexity index is 470. The van der Waals surface area contributed by atoms with Crippen molar-refractivity contribution in [2.45, 2.75) is 13.5 Å². The second-order valence-corrected chi connectivity index (χ2v) is 4.16. The lowest BCUT2D eigenvalue weighted by molar-refractivity contribution is 0.975. The molecule has 2 rings (SSSR count). The fourth-order valence-corrected chi connectivity index (χ4v) is 1.54. The smallest absolute Gasteiger partial charge is 0.127 e. The van der Waals surface area contributed by atoms with E-state index in [1.165, 1.54) is 0 Å². The molecular formula is C11H11BrN4. The molecule has 4 nitrogen and oxygen atoms in total. The summed E-state index contributed by atoms with van der Waals surface area (Å²) in [4.78, 5) is 12.7. The van der Waals surface area contributed by atoms with E-state index in [9.17, 15) is 0 Å². The normalized spacial score (nSPS) is 10.1. The molecule has 0 saturated heterocycles. The Balaban J connectivity index is 1.99. The van der Waals surface area contributed by atoms with Gasteiger partial charge in [-0.15, -0.1) is 0 Å². The number of aryl methyl sites for hydroxylation is 1. The van der Waals surface area contributed by atoms with E-state index in [0.29, 0.717) is 6.54 Å². The molecular weight excluding hydrogens is 268 g/mol. The molecule has 5 heteroatoms. The number of rotatable bonds is 3. The van der Waals surface area contributed by atoms with Gasteiger partial charge in [-0.1, -0.05) is 6.07 Å². The van der Waals surface area contributed by atoms with Crippen LogP contribution >= 0.6 is 15.9 Å². The van der Waals surface area contributed by atoms with Crippen molar-refractivity contribution >= 4 is 21.7 Å². The number of halogens is 1. The molecule has 0 bridgehead atoms. The van der Waals surface area contributed by atoms with Crippen LogP contribution in [0.3, 0.4) is 0 Å². The van der Waals surface area contributed by atoms with Gasteiger partial charge in [0.2, 0.25) is 0 Å². The zero-order valence-corrected chi connectivity index (χ0v) is 10.4. The highest BCUT2D eigenvalue weighted by atomic mass is 79.9. The fraction of sp³-hybridized carbons (Fsp3) is 0.182. The van der Waals surface area contributed by atoms with Crippen LogP contribution in [0.15, 0.2) is 35.2 Å². The van der Waals surface area contributed by atoms with Gasteiger partial charge in [0, 0.05) is 6.20 Å². The van der Waals surface area contributed by atoms with Crippen molar-refractivity contribution in [3.05, 3.63) is 46.6 Å². The van der Waals surface area contributed by atoms with Gasteiger partial charge in [-0.05, 0) is 35.0 Å². The van der Waals surface area contributed by atoms with Crippen molar-refractivity contribution in [2.75, 3.05) is 5.32 Å². The first kappa shape index (κ1) is 11.0. The summed E-state index contributed by atoms with van der Waals surface area (Å²) < 4.78 is 0.812. The third-order valence-electron chi connectivity index (χ3n) is 2.00. The van der Waals surface area contributed by atoms with Crippen LogP contribution in [0.5, 0.6) is 0 Å². The van der Waals surface area contributed by atoms with Crippen LogP contribution in [0.1, 0.15) is 11.4 Å². The predicted molar refractivity (Wildman–Crippen MR) is 66.0 cm³/mol. The Morgan fingerprint density at radius 2 is 2.12 bits per heavy atom. The third-order valence-corrected chi connectivity index (χ3v) is 2.44. The molecule has 0 saturated carbocycles. The number of pyridine rings is 1. The molecule has 0 aliphatic carbocycles. The van der Waals surface area contributed by atoms with E-state index < -0.39 is 0 Å². The Hall–Kier alpha value is -1.49. The monoisotopic (exact) mass is 278 g/mol. The van der Waals surface area contributed by atoms with E-state index in [0.717, 1.165) is 21.8 Å². The molecule has 0 radical (unpaired) electrons. The van der Waals surface area contributed by atoms with Crippen LogP contribution in [-0.2, 0) is 6.54 Å². The fourth-order valence-electron chi connectivity index (χ4n) is 1.20. The molecule has 0 aromatic carbocycles. The van der Waals surface area contributed by atoms with Gasteiger partial charge in [0.05, 0.1) is 24.1 Å². The van der Waals surface area contributed by atoms with E-state index in [1.807, 2.05) is 25.1 Å². The topological polar surface area (TPSA) is 50.7 Å². The number of hydrogen-bond donors (Lipinski definition) is 1. The van der Waals surface area contributed by atoms with E-state index >= 15 is 0 Å². The summed E-state index contributed by atoms with van der Waals surface area (Å²) in [6.07, 6.45) is 3.52. The molecule has 0 unspecified atom stereocenters. The zero-order valence-electron chi connectivity index (χ0n) is 8.81. The van der Waals surface area contributed by atoms with Crippen LogP contribution in [0.2, 0.25) is 0 Å². The van der Waals surface area contributed by atoms with Crippen LogP contribution in [0.25, 0.3) is 0 Å². The molecule has 2 aromatic heterocycles. The third kappa shape index (κ3) is 3.00. The maximum atomic E-state index is 4.26. The lowest BCUT2D eigenvalue weighted by Gasteiger charge is -2.04. The molecule has 82 valence electrons. The minimum atomic E-state index is 0.622. The number of anilines is 1. The summed E-state index contributed by atoms with van der Waals surface area (Å²) in [5, 5.41) is 3.18. The molecule has 2 heterocycles. The minimum Gasteiger partial charge on any atom is -0.364 e. The quantitative estimate of drug-likeness (QED) is 0.877. The van der Waals surface area contributed by atoms with Crippen LogP contribution in [-0.4, -0.2) is 15.0 Å². The molecule has 0 aliphatic rings. The minimum absolute atomic E-state index is 0.622. The lowest BCUT2D eigenvalue weighted by Crippen LogP contribution is -2.03. The predicted octanol–water partition coefficient (Wildman–Crippen LogP) is 2.55. The average molecular weight is 279 g/mol.